The Morgan fingerprint density at radius 1 is 1.75 bits per heavy atom. The molecule has 2 atom stereocenters. The topological polar surface area (TPSA) is 64.4 Å². The van der Waals surface area contributed by atoms with Gasteiger partial charge in [0.2, 0.25) is 5.91 Å². The zero-order valence-corrected chi connectivity index (χ0v) is 9.53. The summed E-state index contributed by atoms with van der Waals surface area (Å²) >= 11 is 0. The van der Waals surface area contributed by atoms with Gasteiger partial charge in [0, 0.05) is 12.7 Å². The van der Waals surface area contributed by atoms with Crippen molar-refractivity contribution in [3.05, 3.63) is 17.5 Å². The molecule has 5 nitrogen and oxygen atoms in total. The number of aromatic nitrogens is 1. The summed E-state index contributed by atoms with van der Waals surface area (Å²) in [4.78, 5) is 11.6. The average molecular weight is 224 g/mol. The van der Waals surface area contributed by atoms with E-state index in [4.69, 9.17) is 9.26 Å². The van der Waals surface area contributed by atoms with E-state index in [9.17, 15) is 4.79 Å². The minimum absolute atomic E-state index is 0.0176. The van der Waals surface area contributed by atoms with Gasteiger partial charge in [0.05, 0.1) is 24.3 Å². The zero-order chi connectivity index (χ0) is 11.5. The third-order valence-corrected chi connectivity index (χ3v) is 2.56. The number of ether oxygens (including phenoxy) is 1. The molecule has 0 aromatic carbocycles. The van der Waals surface area contributed by atoms with Crippen LogP contribution in [0.4, 0.5) is 0 Å². The van der Waals surface area contributed by atoms with E-state index in [-0.39, 0.29) is 17.9 Å². The average Bonchev–Trinajstić information content (AvgIpc) is 2.90. The van der Waals surface area contributed by atoms with Crippen molar-refractivity contribution in [2.45, 2.75) is 32.9 Å². The van der Waals surface area contributed by atoms with Crippen molar-refractivity contribution in [3.63, 3.8) is 0 Å². The fourth-order valence-electron chi connectivity index (χ4n) is 1.65. The summed E-state index contributed by atoms with van der Waals surface area (Å²) in [5.41, 5.74) is 0.822. The first-order valence-corrected chi connectivity index (χ1v) is 5.52. The second kappa shape index (κ2) is 4.65. The zero-order valence-electron chi connectivity index (χ0n) is 9.53. The Morgan fingerprint density at radius 3 is 3.19 bits per heavy atom. The Labute approximate surface area is 94.1 Å². The third-order valence-electron chi connectivity index (χ3n) is 2.56. The largest absolute Gasteiger partial charge is 0.378 e. The van der Waals surface area contributed by atoms with Crippen LogP contribution in [0.15, 0.2) is 10.6 Å². The van der Waals surface area contributed by atoms with Crippen molar-refractivity contribution in [3.8, 4) is 0 Å². The first-order valence-electron chi connectivity index (χ1n) is 5.52. The van der Waals surface area contributed by atoms with Gasteiger partial charge in [-0.05, 0) is 20.3 Å². The van der Waals surface area contributed by atoms with E-state index in [2.05, 4.69) is 10.5 Å². The summed E-state index contributed by atoms with van der Waals surface area (Å²) in [6, 6.07) is 1.81. The van der Waals surface area contributed by atoms with Crippen LogP contribution >= 0.6 is 0 Å². The van der Waals surface area contributed by atoms with Gasteiger partial charge in [0.25, 0.3) is 0 Å². The predicted octanol–water partition coefficient (Wildman–Crippen LogP) is 1.02. The number of nitrogens with zero attached hydrogens (tertiary/aromatic N) is 1. The molecule has 0 saturated heterocycles. The van der Waals surface area contributed by atoms with Crippen molar-refractivity contribution in [1.29, 1.82) is 0 Å². The summed E-state index contributed by atoms with van der Waals surface area (Å²) < 4.78 is 10.3. The van der Waals surface area contributed by atoms with Crippen molar-refractivity contribution in [1.82, 2.24) is 10.5 Å². The first kappa shape index (κ1) is 11.1. The van der Waals surface area contributed by atoms with Crippen molar-refractivity contribution >= 4 is 5.91 Å². The predicted molar refractivity (Wildman–Crippen MR) is 56.6 cm³/mol. The number of hydrogen-bond donors (Lipinski definition) is 1. The molecule has 88 valence electrons. The molecule has 1 aliphatic rings. The van der Waals surface area contributed by atoms with E-state index in [1.165, 1.54) is 0 Å². The van der Waals surface area contributed by atoms with Crippen molar-refractivity contribution < 1.29 is 14.1 Å². The molecule has 5 heteroatoms. The quantitative estimate of drug-likeness (QED) is 0.811. The summed E-state index contributed by atoms with van der Waals surface area (Å²) in [5, 5.41) is 6.56. The Kier molecular flexibility index (Phi) is 3.24. The summed E-state index contributed by atoms with van der Waals surface area (Å²) in [6.07, 6.45) is 0.941. The monoisotopic (exact) mass is 224 g/mol. The number of amides is 1. The third kappa shape index (κ3) is 2.61. The molecule has 0 unspecified atom stereocenters. The van der Waals surface area contributed by atoms with E-state index >= 15 is 0 Å². The maximum Gasteiger partial charge on any atom is 0.226 e. The Morgan fingerprint density at radius 2 is 2.56 bits per heavy atom. The Hall–Kier alpha value is -1.36. The van der Waals surface area contributed by atoms with E-state index in [1.807, 2.05) is 19.9 Å². The molecule has 0 aliphatic heterocycles. The number of nitrogens with one attached hydrogen (secondary N) is 1. The van der Waals surface area contributed by atoms with Crippen LogP contribution in [-0.4, -0.2) is 23.8 Å². The Bertz CT molecular complexity index is 375. The fourth-order valence-corrected chi connectivity index (χ4v) is 1.65. The standard InChI is InChI=1S/C11H16N2O3/c1-3-15-10-5-9(10)11(14)12-6-8-4-7(2)13-16-8/h4,9-10H,3,5-6H2,1-2H3,(H,12,14)/t9-,10+/m0/s1. The van der Waals surface area contributed by atoms with Gasteiger partial charge in [0.15, 0.2) is 5.76 Å². The maximum absolute atomic E-state index is 11.6. The normalized spacial score (nSPS) is 23.1. The van der Waals surface area contributed by atoms with Crippen LogP contribution in [0.3, 0.4) is 0 Å². The lowest BCUT2D eigenvalue weighted by molar-refractivity contribution is -0.123. The van der Waals surface area contributed by atoms with Gasteiger partial charge < -0.3 is 14.6 Å². The van der Waals surface area contributed by atoms with Crippen molar-refractivity contribution in [2.75, 3.05) is 6.61 Å². The van der Waals surface area contributed by atoms with E-state index in [0.717, 1.165) is 12.1 Å². The number of carbonyl (C=O) groups is 1. The molecule has 1 aromatic rings. The summed E-state index contributed by atoms with van der Waals surface area (Å²) in [6.45, 7) is 4.84. The van der Waals surface area contributed by atoms with Crippen LogP contribution in [0.25, 0.3) is 0 Å². The number of carbonyl (C=O) groups excluding carboxylic acids is 1. The molecule has 1 heterocycles. The van der Waals surface area contributed by atoms with Crippen LogP contribution in [0, 0.1) is 12.8 Å². The Balaban J connectivity index is 1.73. The van der Waals surface area contributed by atoms with Gasteiger partial charge in [-0.15, -0.1) is 0 Å². The van der Waals surface area contributed by atoms with Gasteiger partial charge in [-0.1, -0.05) is 5.16 Å². The lowest BCUT2D eigenvalue weighted by atomic mass is 10.3. The van der Waals surface area contributed by atoms with Gasteiger partial charge in [0.1, 0.15) is 0 Å². The van der Waals surface area contributed by atoms with Crippen LogP contribution in [0.2, 0.25) is 0 Å². The SMILES string of the molecule is CCO[C@@H]1C[C@@H]1C(=O)NCc1cc(C)no1. The molecule has 1 saturated carbocycles. The highest BCUT2D eigenvalue weighted by Gasteiger charge is 2.43. The summed E-state index contributed by atoms with van der Waals surface area (Å²) in [5.74, 6) is 0.732. The van der Waals surface area contributed by atoms with Gasteiger partial charge >= 0.3 is 0 Å². The maximum atomic E-state index is 11.6. The minimum Gasteiger partial charge on any atom is -0.378 e. The molecule has 1 amide bonds. The van der Waals surface area contributed by atoms with Crippen LogP contribution in [-0.2, 0) is 16.1 Å². The molecule has 2 rings (SSSR count). The highest BCUT2D eigenvalue weighted by molar-refractivity contribution is 5.81. The molecule has 16 heavy (non-hydrogen) atoms. The van der Waals surface area contributed by atoms with Gasteiger partial charge in [-0.25, -0.2) is 0 Å². The minimum atomic E-state index is 0.0176. The molecule has 0 spiro atoms. The number of aryl methyl sites for hydroxylation is 1. The highest BCUT2D eigenvalue weighted by Crippen LogP contribution is 2.33. The lowest BCUT2D eigenvalue weighted by Gasteiger charge is -2.02. The smallest absolute Gasteiger partial charge is 0.226 e. The molecule has 0 bridgehead atoms. The van der Waals surface area contributed by atoms with Crippen molar-refractivity contribution in [2.24, 2.45) is 5.92 Å². The lowest BCUT2D eigenvalue weighted by Crippen LogP contribution is -2.25. The second-order valence-corrected chi connectivity index (χ2v) is 3.99. The van der Waals surface area contributed by atoms with Crippen LogP contribution in [0.1, 0.15) is 24.8 Å². The first-order chi connectivity index (χ1) is 7.70. The van der Waals surface area contributed by atoms with Gasteiger partial charge in [-0.3, -0.25) is 4.79 Å². The molecular formula is C11H16N2O3. The second-order valence-electron chi connectivity index (χ2n) is 3.99. The highest BCUT2D eigenvalue weighted by atomic mass is 16.5. The van der Waals surface area contributed by atoms with Crippen LogP contribution in [0.5, 0.6) is 0 Å². The molecule has 1 N–H and O–H groups in total. The van der Waals surface area contributed by atoms with E-state index in [1.54, 1.807) is 0 Å². The van der Waals surface area contributed by atoms with Crippen LogP contribution < -0.4 is 5.32 Å². The molecule has 1 aromatic heterocycles. The number of hydrogen-bond acceptors (Lipinski definition) is 4. The molecule has 1 fully saturated rings. The van der Waals surface area contributed by atoms with Gasteiger partial charge in [-0.2, -0.15) is 0 Å². The fraction of sp³-hybridized carbons (Fsp3) is 0.636. The molecule has 1 aliphatic carbocycles. The molecule has 0 radical (unpaired) electrons. The number of rotatable bonds is 5. The van der Waals surface area contributed by atoms with E-state index < -0.39 is 0 Å². The summed E-state index contributed by atoms with van der Waals surface area (Å²) in [7, 11) is 0. The molecular weight excluding hydrogens is 208 g/mol. The van der Waals surface area contributed by atoms with E-state index in [0.29, 0.717) is 18.9 Å².